The van der Waals surface area contributed by atoms with Crippen LogP contribution in [-0.2, 0) is 10.0 Å². The lowest BCUT2D eigenvalue weighted by Crippen LogP contribution is -2.47. The summed E-state index contributed by atoms with van der Waals surface area (Å²) in [6, 6.07) is 17.2. The number of anilines is 4. The Morgan fingerprint density at radius 3 is 2.50 bits per heavy atom. The summed E-state index contributed by atoms with van der Waals surface area (Å²) in [6.07, 6.45) is 2.42. The van der Waals surface area contributed by atoms with Crippen LogP contribution in [0.2, 0.25) is 0 Å². The van der Waals surface area contributed by atoms with Crippen molar-refractivity contribution in [3.05, 3.63) is 71.9 Å². The van der Waals surface area contributed by atoms with Gasteiger partial charge in [-0.15, -0.1) is 0 Å². The first-order chi connectivity index (χ1) is 17.4. The molecule has 10 nitrogen and oxygen atoms in total. The van der Waals surface area contributed by atoms with Gasteiger partial charge in [0.05, 0.1) is 17.9 Å². The molecule has 4 N–H and O–H groups in total. The summed E-state index contributed by atoms with van der Waals surface area (Å²) in [6.45, 7) is 4.45. The van der Waals surface area contributed by atoms with Gasteiger partial charge in [-0.25, -0.2) is 13.4 Å². The van der Waals surface area contributed by atoms with Crippen LogP contribution in [0.5, 0.6) is 0 Å². The molecule has 11 heteroatoms. The van der Waals surface area contributed by atoms with Crippen LogP contribution < -0.4 is 14.9 Å². The maximum Gasteiger partial charge on any atom is 0.263 e. The molecule has 36 heavy (non-hydrogen) atoms. The smallest absolute Gasteiger partial charge is 0.263 e. The zero-order chi connectivity index (χ0) is 25.5. The van der Waals surface area contributed by atoms with Crippen LogP contribution in [0.15, 0.2) is 65.7 Å². The third-order valence-corrected chi connectivity index (χ3v) is 7.35. The molecule has 3 aromatic rings. The van der Waals surface area contributed by atoms with E-state index in [1.807, 2.05) is 30.3 Å². The molecule has 0 atom stereocenters. The minimum atomic E-state index is -4.06. The van der Waals surface area contributed by atoms with Crippen molar-refractivity contribution in [2.45, 2.75) is 4.90 Å². The van der Waals surface area contributed by atoms with Crippen molar-refractivity contribution < 1.29 is 13.5 Å². The summed E-state index contributed by atoms with van der Waals surface area (Å²) in [4.78, 5) is 8.69. The predicted molar refractivity (Wildman–Crippen MR) is 140 cm³/mol. The topological polar surface area (TPSA) is 145 Å². The molecule has 1 fully saturated rings. The van der Waals surface area contributed by atoms with E-state index in [1.165, 1.54) is 24.4 Å². The highest BCUT2D eigenvalue weighted by molar-refractivity contribution is 7.92. The van der Waals surface area contributed by atoms with Gasteiger partial charge in [0, 0.05) is 68.1 Å². The van der Waals surface area contributed by atoms with Gasteiger partial charge in [0.2, 0.25) is 0 Å². The normalized spacial score (nSPS) is 14.2. The molecule has 0 unspecified atom stereocenters. The van der Waals surface area contributed by atoms with Gasteiger partial charge in [-0.1, -0.05) is 12.1 Å². The molecule has 0 radical (unpaired) electrons. The Morgan fingerprint density at radius 2 is 1.83 bits per heavy atom. The van der Waals surface area contributed by atoms with Gasteiger partial charge in [0.25, 0.3) is 10.0 Å². The number of pyridine rings is 1. The van der Waals surface area contributed by atoms with Crippen molar-refractivity contribution in [2.24, 2.45) is 0 Å². The quantitative estimate of drug-likeness (QED) is 0.325. The first-order valence-corrected chi connectivity index (χ1v) is 12.9. The molecule has 2 heterocycles. The SMILES string of the molecule is N#Cc1ccccc1S(=O)(=O)Nc1cc(Nc2ccc(N3CCN(CCO)CC3)cc2)ncc1C=N. The second kappa shape index (κ2) is 11.2. The predicted octanol–water partition coefficient (Wildman–Crippen LogP) is 2.61. The molecule has 1 aromatic heterocycles. The number of nitrogens with zero attached hydrogens (tertiary/aromatic N) is 4. The molecule has 1 aliphatic rings. The molecule has 4 rings (SSSR count). The van der Waals surface area contributed by atoms with Gasteiger partial charge >= 0.3 is 0 Å². The zero-order valence-electron chi connectivity index (χ0n) is 19.6. The Morgan fingerprint density at radius 1 is 1.11 bits per heavy atom. The van der Waals surface area contributed by atoms with Crippen LogP contribution in [0.4, 0.5) is 22.9 Å². The maximum atomic E-state index is 13.0. The number of aliphatic hydroxyl groups is 1. The number of nitrogens with one attached hydrogen (secondary N) is 3. The molecule has 0 saturated carbocycles. The molecule has 186 valence electrons. The van der Waals surface area contributed by atoms with Crippen molar-refractivity contribution in [2.75, 3.05) is 54.3 Å². The Labute approximate surface area is 210 Å². The lowest BCUT2D eigenvalue weighted by molar-refractivity contribution is 0.189. The van der Waals surface area contributed by atoms with E-state index < -0.39 is 10.0 Å². The second-order valence-corrected chi connectivity index (χ2v) is 9.89. The summed E-state index contributed by atoms with van der Waals surface area (Å²) in [7, 11) is -4.06. The van der Waals surface area contributed by atoms with Crippen LogP contribution in [-0.4, -0.2) is 69.0 Å². The maximum absolute atomic E-state index is 13.0. The lowest BCUT2D eigenvalue weighted by atomic mass is 10.2. The number of rotatable bonds is 9. The average molecular weight is 506 g/mol. The fourth-order valence-electron chi connectivity index (χ4n) is 4.01. The number of aromatic nitrogens is 1. The van der Waals surface area contributed by atoms with E-state index in [0.29, 0.717) is 12.4 Å². The first kappa shape index (κ1) is 25.1. The molecule has 1 saturated heterocycles. The van der Waals surface area contributed by atoms with E-state index in [-0.39, 0.29) is 28.3 Å². The van der Waals surface area contributed by atoms with Crippen molar-refractivity contribution in [1.82, 2.24) is 9.88 Å². The minimum absolute atomic E-state index is 0.0312. The summed E-state index contributed by atoms with van der Waals surface area (Å²) < 4.78 is 28.4. The van der Waals surface area contributed by atoms with E-state index in [1.54, 1.807) is 12.1 Å². The van der Waals surface area contributed by atoms with Gasteiger partial charge < -0.3 is 20.7 Å². The van der Waals surface area contributed by atoms with Crippen molar-refractivity contribution in [3.8, 4) is 6.07 Å². The Bertz CT molecular complexity index is 1360. The number of hydrogen-bond donors (Lipinski definition) is 4. The lowest BCUT2D eigenvalue weighted by Gasteiger charge is -2.35. The van der Waals surface area contributed by atoms with E-state index in [4.69, 9.17) is 10.5 Å². The van der Waals surface area contributed by atoms with Crippen molar-refractivity contribution in [1.29, 1.82) is 10.7 Å². The molecule has 0 aliphatic carbocycles. The zero-order valence-corrected chi connectivity index (χ0v) is 20.4. The highest BCUT2D eigenvalue weighted by Gasteiger charge is 2.20. The largest absolute Gasteiger partial charge is 0.395 e. The number of β-amino-alcohol motifs (C(OH)–C–C–N with tert-alkyl or cyclic N) is 1. The first-order valence-electron chi connectivity index (χ1n) is 11.4. The van der Waals surface area contributed by atoms with Crippen LogP contribution in [0.1, 0.15) is 11.1 Å². The van der Waals surface area contributed by atoms with Crippen molar-refractivity contribution >= 4 is 39.1 Å². The third kappa shape index (κ3) is 5.80. The molecular weight excluding hydrogens is 478 g/mol. The van der Waals surface area contributed by atoms with E-state index in [9.17, 15) is 13.7 Å². The molecule has 0 amide bonds. The second-order valence-electron chi connectivity index (χ2n) is 8.24. The number of nitriles is 1. The van der Waals surface area contributed by atoms with E-state index in [2.05, 4.69) is 24.8 Å². The summed E-state index contributed by atoms with van der Waals surface area (Å²) in [5.74, 6) is 0.400. The van der Waals surface area contributed by atoms with E-state index in [0.717, 1.165) is 43.8 Å². The number of piperazine rings is 1. The third-order valence-electron chi connectivity index (χ3n) is 5.93. The summed E-state index contributed by atoms with van der Waals surface area (Å²) >= 11 is 0. The van der Waals surface area contributed by atoms with Gasteiger partial charge in [-0.3, -0.25) is 9.62 Å². The molecule has 0 bridgehead atoms. The molecule has 2 aromatic carbocycles. The van der Waals surface area contributed by atoms with Crippen molar-refractivity contribution in [3.63, 3.8) is 0 Å². The molecule has 0 spiro atoms. The average Bonchev–Trinajstić information content (AvgIpc) is 2.90. The minimum Gasteiger partial charge on any atom is -0.395 e. The highest BCUT2D eigenvalue weighted by Crippen LogP contribution is 2.26. The van der Waals surface area contributed by atoms with Gasteiger partial charge in [0.1, 0.15) is 16.8 Å². The number of aliphatic hydroxyl groups excluding tert-OH is 1. The van der Waals surface area contributed by atoms with E-state index >= 15 is 0 Å². The van der Waals surface area contributed by atoms with Gasteiger partial charge in [-0.05, 0) is 36.4 Å². The van der Waals surface area contributed by atoms with Crippen LogP contribution in [0, 0.1) is 16.7 Å². The molecular formula is C25H27N7O3S. The summed E-state index contributed by atoms with van der Waals surface area (Å²) in [5, 5.41) is 29.2. The monoisotopic (exact) mass is 505 g/mol. The Hall–Kier alpha value is -3.98. The van der Waals surface area contributed by atoms with Gasteiger partial charge in [-0.2, -0.15) is 5.26 Å². The van der Waals surface area contributed by atoms with Gasteiger partial charge in [0.15, 0.2) is 0 Å². The number of hydrogen-bond acceptors (Lipinski definition) is 9. The summed E-state index contributed by atoms with van der Waals surface area (Å²) in [5.41, 5.74) is 2.36. The highest BCUT2D eigenvalue weighted by atomic mass is 32.2. The Kier molecular flexibility index (Phi) is 7.80. The van der Waals surface area contributed by atoms with Crippen LogP contribution in [0.3, 0.4) is 0 Å². The van der Waals surface area contributed by atoms with Crippen LogP contribution in [0.25, 0.3) is 0 Å². The Balaban J connectivity index is 1.49. The van der Waals surface area contributed by atoms with Crippen LogP contribution >= 0.6 is 0 Å². The molecule has 1 aliphatic heterocycles. The standard InChI is InChI=1S/C25H27N7O3S/c26-16-19-3-1-2-4-24(19)36(34,35)30-23-15-25(28-18-20(23)17-27)29-21-5-7-22(8-6-21)32-11-9-31(10-12-32)13-14-33/h1-8,15,17-18,27,33H,9-14H2,(H2,28,29,30). The fraction of sp³-hybridized carbons (Fsp3) is 0.240. The fourth-order valence-corrected chi connectivity index (χ4v) is 5.24. The number of sulfonamides is 1. The number of benzene rings is 2.